The van der Waals surface area contributed by atoms with E-state index < -0.39 is 5.72 Å². The van der Waals surface area contributed by atoms with Gasteiger partial charge >= 0.3 is 0 Å². The molecule has 0 amide bonds. The summed E-state index contributed by atoms with van der Waals surface area (Å²) in [6.07, 6.45) is 7.53. The van der Waals surface area contributed by atoms with Gasteiger partial charge in [0.2, 0.25) is 0 Å². The Morgan fingerprint density at radius 2 is 2.25 bits per heavy atom. The molecule has 1 atom stereocenters. The van der Waals surface area contributed by atoms with Gasteiger partial charge in [-0.05, 0) is 6.08 Å². The van der Waals surface area contributed by atoms with Crippen LogP contribution in [0.15, 0.2) is 24.3 Å². The maximum Gasteiger partial charge on any atom is 0.136 e. The molecule has 0 saturated carbocycles. The molecule has 0 saturated heterocycles. The Hall–Kier alpha value is -0.600. The van der Waals surface area contributed by atoms with E-state index in [0.717, 1.165) is 0 Å². The standard InChI is InChI=1S/C6H9NO/c7-6(8)4-2-1-3-5-6/h1-4,8H,5,7H2. The van der Waals surface area contributed by atoms with Gasteiger partial charge in [-0.25, -0.2) is 0 Å². The second-order valence-electron chi connectivity index (χ2n) is 1.98. The van der Waals surface area contributed by atoms with Gasteiger partial charge in [-0.15, -0.1) is 0 Å². The second-order valence-corrected chi connectivity index (χ2v) is 1.98. The molecule has 0 fully saturated rings. The van der Waals surface area contributed by atoms with Gasteiger partial charge in [0, 0.05) is 6.42 Å². The van der Waals surface area contributed by atoms with Gasteiger partial charge < -0.3 is 10.8 Å². The molecule has 44 valence electrons. The van der Waals surface area contributed by atoms with Crippen molar-refractivity contribution in [3.8, 4) is 0 Å². The Balaban J connectivity index is 2.65. The summed E-state index contributed by atoms with van der Waals surface area (Å²) in [5.74, 6) is 0. The molecule has 0 aromatic carbocycles. The lowest BCUT2D eigenvalue weighted by Crippen LogP contribution is -2.37. The number of hydrogen-bond donors (Lipinski definition) is 2. The summed E-state index contributed by atoms with van der Waals surface area (Å²) in [7, 11) is 0. The van der Waals surface area contributed by atoms with E-state index in [1.165, 1.54) is 0 Å². The normalized spacial score (nSPS) is 35.8. The fraction of sp³-hybridized carbons (Fsp3) is 0.333. The van der Waals surface area contributed by atoms with E-state index in [1.54, 1.807) is 12.2 Å². The highest BCUT2D eigenvalue weighted by Crippen LogP contribution is 2.09. The molecule has 3 N–H and O–H groups in total. The Bertz CT molecular complexity index is 135. The molecule has 1 rings (SSSR count). The van der Waals surface area contributed by atoms with Crippen LogP contribution in [0.2, 0.25) is 0 Å². The minimum Gasteiger partial charge on any atom is -0.372 e. The van der Waals surface area contributed by atoms with Crippen molar-refractivity contribution in [3.05, 3.63) is 24.3 Å². The summed E-state index contributed by atoms with van der Waals surface area (Å²) < 4.78 is 0. The SMILES string of the molecule is NC1(O)C=CC=CC1. The van der Waals surface area contributed by atoms with Gasteiger partial charge in [-0.3, -0.25) is 0 Å². The van der Waals surface area contributed by atoms with Gasteiger partial charge in [0.1, 0.15) is 5.72 Å². The summed E-state index contributed by atoms with van der Waals surface area (Å²) in [5, 5.41) is 9.01. The van der Waals surface area contributed by atoms with Crippen LogP contribution in [-0.2, 0) is 0 Å². The molecule has 2 heteroatoms. The lowest BCUT2D eigenvalue weighted by molar-refractivity contribution is 0.101. The molecule has 0 aromatic rings. The molecule has 0 spiro atoms. The second kappa shape index (κ2) is 1.73. The largest absolute Gasteiger partial charge is 0.372 e. The van der Waals surface area contributed by atoms with Gasteiger partial charge in [0.25, 0.3) is 0 Å². The van der Waals surface area contributed by atoms with Gasteiger partial charge in [0.05, 0.1) is 0 Å². The summed E-state index contributed by atoms with van der Waals surface area (Å²) in [6, 6.07) is 0. The Morgan fingerprint density at radius 3 is 2.50 bits per heavy atom. The topological polar surface area (TPSA) is 46.2 Å². The minimum absolute atomic E-state index is 0.517. The zero-order chi connectivity index (χ0) is 6.04. The van der Waals surface area contributed by atoms with Crippen LogP contribution in [0.25, 0.3) is 0 Å². The molecule has 0 heterocycles. The molecule has 2 nitrogen and oxygen atoms in total. The lowest BCUT2D eigenvalue weighted by Gasteiger charge is -2.17. The average Bonchev–Trinajstić information content (AvgIpc) is 1.65. The highest BCUT2D eigenvalue weighted by molar-refractivity contribution is 5.15. The van der Waals surface area contributed by atoms with Gasteiger partial charge in [-0.2, -0.15) is 0 Å². The van der Waals surface area contributed by atoms with Crippen LogP contribution >= 0.6 is 0 Å². The van der Waals surface area contributed by atoms with Crippen LogP contribution in [0.1, 0.15) is 6.42 Å². The molecule has 1 aliphatic carbocycles. The van der Waals surface area contributed by atoms with Crippen molar-refractivity contribution in [2.45, 2.75) is 12.1 Å². The van der Waals surface area contributed by atoms with Crippen molar-refractivity contribution in [3.63, 3.8) is 0 Å². The Morgan fingerprint density at radius 1 is 1.50 bits per heavy atom. The molecule has 1 aliphatic rings. The van der Waals surface area contributed by atoms with Crippen molar-refractivity contribution >= 4 is 0 Å². The summed E-state index contributed by atoms with van der Waals surface area (Å²) in [5.41, 5.74) is 4.21. The van der Waals surface area contributed by atoms with E-state index in [0.29, 0.717) is 6.42 Å². The third kappa shape index (κ3) is 1.18. The van der Waals surface area contributed by atoms with Gasteiger partial charge in [-0.1, -0.05) is 18.2 Å². The molecule has 8 heavy (non-hydrogen) atoms. The zero-order valence-corrected chi connectivity index (χ0v) is 4.54. The predicted octanol–water partition coefficient (Wildman–Crippen LogP) is 0.150. The Kier molecular flexibility index (Phi) is 1.19. The van der Waals surface area contributed by atoms with E-state index in [1.807, 2.05) is 12.2 Å². The molecule has 0 aliphatic heterocycles. The van der Waals surface area contributed by atoms with Crippen molar-refractivity contribution in [1.29, 1.82) is 0 Å². The molecular weight excluding hydrogens is 102 g/mol. The third-order valence-corrected chi connectivity index (χ3v) is 1.08. The van der Waals surface area contributed by atoms with E-state index in [2.05, 4.69) is 0 Å². The third-order valence-electron chi connectivity index (χ3n) is 1.08. The predicted molar refractivity (Wildman–Crippen MR) is 32.0 cm³/mol. The maximum absolute atomic E-state index is 9.01. The molecule has 0 aromatic heterocycles. The van der Waals surface area contributed by atoms with Crippen molar-refractivity contribution in [1.82, 2.24) is 0 Å². The minimum atomic E-state index is -1.09. The first-order valence-electron chi connectivity index (χ1n) is 2.56. The molecular formula is C6H9NO. The van der Waals surface area contributed by atoms with E-state index in [-0.39, 0.29) is 0 Å². The number of rotatable bonds is 0. The first-order valence-corrected chi connectivity index (χ1v) is 2.56. The van der Waals surface area contributed by atoms with Crippen LogP contribution in [0.4, 0.5) is 0 Å². The van der Waals surface area contributed by atoms with Crippen molar-refractivity contribution < 1.29 is 5.11 Å². The van der Waals surface area contributed by atoms with Crippen molar-refractivity contribution in [2.75, 3.05) is 0 Å². The highest BCUT2D eigenvalue weighted by atomic mass is 16.3. The first-order chi connectivity index (χ1) is 3.71. The summed E-state index contributed by atoms with van der Waals surface area (Å²) in [6.45, 7) is 0. The zero-order valence-electron chi connectivity index (χ0n) is 4.54. The van der Waals surface area contributed by atoms with Crippen LogP contribution < -0.4 is 5.73 Å². The van der Waals surface area contributed by atoms with Gasteiger partial charge in [0.15, 0.2) is 0 Å². The van der Waals surface area contributed by atoms with Crippen LogP contribution in [0, 0.1) is 0 Å². The molecule has 0 radical (unpaired) electrons. The quantitative estimate of drug-likeness (QED) is 0.437. The molecule has 0 bridgehead atoms. The van der Waals surface area contributed by atoms with Crippen LogP contribution in [0.3, 0.4) is 0 Å². The fourth-order valence-electron chi connectivity index (χ4n) is 0.626. The average molecular weight is 111 g/mol. The molecule has 1 unspecified atom stereocenters. The number of hydrogen-bond acceptors (Lipinski definition) is 2. The van der Waals surface area contributed by atoms with E-state index in [9.17, 15) is 0 Å². The van der Waals surface area contributed by atoms with E-state index >= 15 is 0 Å². The Labute approximate surface area is 48.3 Å². The smallest absolute Gasteiger partial charge is 0.136 e. The number of aliphatic hydroxyl groups is 1. The first kappa shape index (κ1) is 5.54. The summed E-state index contributed by atoms with van der Waals surface area (Å²) >= 11 is 0. The fourth-order valence-corrected chi connectivity index (χ4v) is 0.626. The highest BCUT2D eigenvalue weighted by Gasteiger charge is 2.14. The lowest BCUT2D eigenvalue weighted by atomic mass is 10.1. The van der Waals surface area contributed by atoms with E-state index in [4.69, 9.17) is 10.8 Å². The van der Waals surface area contributed by atoms with Crippen LogP contribution in [0.5, 0.6) is 0 Å². The monoisotopic (exact) mass is 111 g/mol. The van der Waals surface area contributed by atoms with Crippen LogP contribution in [-0.4, -0.2) is 10.8 Å². The number of nitrogens with two attached hydrogens (primary N) is 1. The summed E-state index contributed by atoms with van der Waals surface area (Å²) in [4.78, 5) is 0. The number of allylic oxidation sites excluding steroid dienone is 2. The van der Waals surface area contributed by atoms with Crippen molar-refractivity contribution in [2.24, 2.45) is 5.73 Å². The maximum atomic E-state index is 9.01.